The lowest BCUT2D eigenvalue weighted by atomic mass is 9.83. The summed E-state index contributed by atoms with van der Waals surface area (Å²) in [6.45, 7) is 5.30. The van der Waals surface area contributed by atoms with Gasteiger partial charge < -0.3 is 4.57 Å². The molecular weight excluding hydrogens is 270 g/mol. The first-order valence-electron chi connectivity index (χ1n) is 7.60. The zero-order valence-electron chi connectivity index (χ0n) is 12.3. The molecule has 1 atom stereocenters. The fourth-order valence-electron chi connectivity index (χ4n) is 3.52. The number of alkyl halides is 1. The van der Waals surface area contributed by atoms with Gasteiger partial charge in [-0.05, 0) is 43.7 Å². The number of aromatic nitrogens is 3. The summed E-state index contributed by atoms with van der Waals surface area (Å²) >= 11 is 6.34. The number of hydrogen-bond acceptors (Lipinski definition) is 2. The zero-order valence-corrected chi connectivity index (χ0v) is 13.0. The average molecular weight is 292 g/mol. The fraction of sp³-hybridized carbons (Fsp3) is 0.625. The minimum absolute atomic E-state index is 0.0838. The number of imidazole rings is 1. The van der Waals surface area contributed by atoms with E-state index in [1.807, 2.05) is 25.3 Å². The molecular formula is C16H22ClN3. The molecule has 1 unspecified atom stereocenters. The Kier molecular flexibility index (Phi) is 3.72. The van der Waals surface area contributed by atoms with Gasteiger partial charge in [0.25, 0.3) is 0 Å². The topological polar surface area (TPSA) is 30.7 Å². The van der Waals surface area contributed by atoms with E-state index in [9.17, 15) is 0 Å². The van der Waals surface area contributed by atoms with Crippen LogP contribution in [0.25, 0.3) is 11.2 Å². The smallest absolute Gasteiger partial charge is 0.160 e. The quantitative estimate of drug-likeness (QED) is 0.764. The van der Waals surface area contributed by atoms with Crippen LogP contribution in [0.3, 0.4) is 0 Å². The summed E-state index contributed by atoms with van der Waals surface area (Å²) in [7, 11) is 0. The summed E-state index contributed by atoms with van der Waals surface area (Å²) in [4.78, 5) is 9.22. The maximum absolute atomic E-state index is 6.34. The van der Waals surface area contributed by atoms with Gasteiger partial charge in [0.05, 0.1) is 5.38 Å². The van der Waals surface area contributed by atoms with Crippen molar-refractivity contribution in [3.8, 4) is 0 Å². The van der Waals surface area contributed by atoms with E-state index < -0.39 is 0 Å². The molecule has 0 radical (unpaired) electrons. The Hall–Kier alpha value is -1.09. The highest BCUT2D eigenvalue weighted by Gasteiger charge is 2.34. The van der Waals surface area contributed by atoms with Gasteiger partial charge in [0.1, 0.15) is 11.3 Å². The van der Waals surface area contributed by atoms with Gasteiger partial charge in [0.2, 0.25) is 0 Å². The van der Waals surface area contributed by atoms with Gasteiger partial charge in [-0.3, -0.25) is 0 Å². The summed E-state index contributed by atoms with van der Waals surface area (Å²) in [5.74, 6) is 0.958. The molecule has 0 aromatic carbocycles. The van der Waals surface area contributed by atoms with Gasteiger partial charge in [-0.25, -0.2) is 9.97 Å². The third-order valence-corrected chi connectivity index (χ3v) is 4.99. The lowest BCUT2D eigenvalue weighted by Crippen LogP contribution is -2.24. The van der Waals surface area contributed by atoms with Gasteiger partial charge in [0.15, 0.2) is 5.65 Å². The molecule has 2 heterocycles. The van der Waals surface area contributed by atoms with Crippen molar-refractivity contribution in [2.45, 2.75) is 57.9 Å². The van der Waals surface area contributed by atoms with E-state index in [0.29, 0.717) is 5.41 Å². The van der Waals surface area contributed by atoms with E-state index in [1.54, 1.807) is 0 Å². The third kappa shape index (κ3) is 2.32. The molecule has 1 saturated carbocycles. The highest BCUT2D eigenvalue weighted by atomic mass is 35.5. The van der Waals surface area contributed by atoms with Crippen molar-refractivity contribution in [3.63, 3.8) is 0 Å². The number of halogens is 1. The molecule has 0 spiro atoms. The van der Waals surface area contributed by atoms with E-state index in [4.69, 9.17) is 11.6 Å². The van der Waals surface area contributed by atoms with Gasteiger partial charge in [-0.15, -0.1) is 11.6 Å². The van der Waals surface area contributed by atoms with Crippen molar-refractivity contribution in [2.24, 2.45) is 5.41 Å². The van der Waals surface area contributed by atoms with Crippen molar-refractivity contribution in [2.75, 3.05) is 0 Å². The van der Waals surface area contributed by atoms with E-state index in [1.165, 1.54) is 32.1 Å². The van der Waals surface area contributed by atoms with Crippen molar-refractivity contribution in [3.05, 3.63) is 24.2 Å². The predicted molar refractivity (Wildman–Crippen MR) is 83.0 cm³/mol. The van der Waals surface area contributed by atoms with Crippen LogP contribution in [-0.4, -0.2) is 14.5 Å². The zero-order chi connectivity index (χ0) is 14.2. The normalized spacial score (nSPS) is 19.6. The Morgan fingerprint density at radius 1 is 1.40 bits per heavy atom. The van der Waals surface area contributed by atoms with Crippen LogP contribution >= 0.6 is 11.6 Å². The Labute approximate surface area is 125 Å². The molecule has 0 bridgehead atoms. The van der Waals surface area contributed by atoms with Crippen LogP contribution < -0.4 is 0 Å². The number of nitrogens with zero attached hydrogens (tertiary/aromatic N) is 3. The van der Waals surface area contributed by atoms with Crippen LogP contribution in [0.4, 0.5) is 0 Å². The van der Waals surface area contributed by atoms with Crippen molar-refractivity contribution >= 4 is 22.8 Å². The lowest BCUT2D eigenvalue weighted by Gasteiger charge is -2.29. The lowest BCUT2D eigenvalue weighted by molar-refractivity contribution is 0.237. The van der Waals surface area contributed by atoms with E-state index >= 15 is 0 Å². The third-order valence-electron chi connectivity index (χ3n) is 4.80. The van der Waals surface area contributed by atoms with Gasteiger partial charge in [0, 0.05) is 12.7 Å². The van der Waals surface area contributed by atoms with Gasteiger partial charge in [-0.2, -0.15) is 0 Å². The highest BCUT2D eigenvalue weighted by molar-refractivity contribution is 6.20. The standard InChI is InChI=1S/C16H22ClN3/c1-3-16(8-4-5-9-16)11-20-14(12(2)17)19-13-7-6-10-18-15(13)20/h6-7,10,12H,3-5,8-9,11H2,1-2H3. The monoisotopic (exact) mass is 291 g/mol. The predicted octanol–water partition coefficient (Wildman–Crippen LogP) is 4.70. The molecule has 1 aliphatic carbocycles. The molecule has 4 heteroatoms. The first-order chi connectivity index (χ1) is 9.65. The number of hydrogen-bond donors (Lipinski definition) is 0. The minimum atomic E-state index is -0.0838. The summed E-state index contributed by atoms with van der Waals surface area (Å²) < 4.78 is 2.27. The molecule has 1 aliphatic rings. The molecule has 108 valence electrons. The number of pyridine rings is 1. The molecule has 2 aromatic rings. The summed E-state index contributed by atoms with van der Waals surface area (Å²) in [6.07, 6.45) is 8.38. The van der Waals surface area contributed by atoms with Crippen molar-refractivity contribution < 1.29 is 0 Å². The summed E-state index contributed by atoms with van der Waals surface area (Å²) in [5.41, 5.74) is 2.35. The number of rotatable bonds is 4. The van der Waals surface area contributed by atoms with Crippen molar-refractivity contribution in [1.29, 1.82) is 0 Å². The minimum Gasteiger partial charge on any atom is -0.311 e. The highest BCUT2D eigenvalue weighted by Crippen LogP contribution is 2.43. The average Bonchev–Trinajstić information content (AvgIpc) is 3.05. The maximum Gasteiger partial charge on any atom is 0.160 e. The second-order valence-corrected chi connectivity index (χ2v) is 6.73. The Morgan fingerprint density at radius 3 is 2.80 bits per heavy atom. The van der Waals surface area contributed by atoms with E-state index in [2.05, 4.69) is 21.5 Å². The van der Waals surface area contributed by atoms with Crippen LogP contribution in [-0.2, 0) is 6.54 Å². The first-order valence-corrected chi connectivity index (χ1v) is 8.04. The molecule has 1 fully saturated rings. The Morgan fingerprint density at radius 2 is 2.15 bits per heavy atom. The van der Waals surface area contributed by atoms with Crippen LogP contribution in [0.2, 0.25) is 0 Å². The number of fused-ring (bicyclic) bond motifs is 1. The molecule has 20 heavy (non-hydrogen) atoms. The maximum atomic E-state index is 6.34. The second-order valence-electron chi connectivity index (χ2n) is 6.08. The van der Waals surface area contributed by atoms with E-state index in [0.717, 1.165) is 23.5 Å². The van der Waals surface area contributed by atoms with Crippen LogP contribution in [0, 0.1) is 5.41 Å². The summed E-state index contributed by atoms with van der Waals surface area (Å²) in [6, 6.07) is 3.96. The second kappa shape index (κ2) is 5.36. The first kappa shape index (κ1) is 13.9. The Bertz CT molecular complexity index is 597. The van der Waals surface area contributed by atoms with Crippen molar-refractivity contribution in [1.82, 2.24) is 14.5 Å². The molecule has 2 aromatic heterocycles. The molecule has 0 N–H and O–H groups in total. The van der Waals surface area contributed by atoms with E-state index in [-0.39, 0.29) is 5.38 Å². The fourth-order valence-corrected chi connectivity index (χ4v) is 3.69. The van der Waals surface area contributed by atoms with Crippen LogP contribution in [0.5, 0.6) is 0 Å². The molecule has 0 aliphatic heterocycles. The van der Waals surface area contributed by atoms with Crippen LogP contribution in [0.15, 0.2) is 18.3 Å². The summed E-state index contributed by atoms with van der Waals surface area (Å²) in [5, 5.41) is -0.0838. The van der Waals surface area contributed by atoms with Gasteiger partial charge >= 0.3 is 0 Å². The molecule has 0 saturated heterocycles. The van der Waals surface area contributed by atoms with Gasteiger partial charge in [-0.1, -0.05) is 19.8 Å². The Balaban J connectivity index is 2.07. The van der Waals surface area contributed by atoms with Crippen LogP contribution in [0.1, 0.15) is 57.2 Å². The largest absolute Gasteiger partial charge is 0.311 e. The molecule has 0 amide bonds. The molecule has 3 nitrogen and oxygen atoms in total. The molecule has 3 rings (SSSR count). The SMILES string of the molecule is CCC1(Cn2c(C(C)Cl)nc3cccnc32)CCCC1.